The molecule has 174 valence electrons. The van der Waals surface area contributed by atoms with E-state index in [2.05, 4.69) is 20.9 Å². The number of aromatic nitrogens is 1. The van der Waals surface area contributed by atoms with Crippen LogP contribution in [0.15, 0.2) is 80.9 Å². The van der Waals surface area contributed by atoms with Crippen LogP contribution in [0.1, 0.15) is 16.7 Å². The number of sulfonamides is 1. The zero-order valence-corrected chi connectivity index (χ0v) is 20.6. The van der Waals surface area contributed by atoms with E-state index in [1.807, 2.05) is 25.1 Å². The van der Waals surface area contributed by atoms with Gasteiger partial charge in [-0.25, -0.2) is 8.42 Å². The first-order valence-corrected chi connectivity index (χ1v) is 12.8. The second kappa shape index (κ2) is 8.90. The number of nitrogens with one attached hydrogen (secondary N) is 1. The predicted octanol–water partition coefficient (Wildman–Crippen LogP) is 4.72. The van der Waals surface area contributed by atoms with Gasteiger partial charge in [-0.05, 0) is 72.0 Å². The minimum atomic E-state index is -3.92. The number of ether oxygens (including phenoxy) is 2. The highest BCUT2D eigenvalue weighted by atomic mass is 79.9. The van der Waals surface area contributed by atoms with Crippen molar-refractivity contribution in [2.45, 2.75) is 24.9 Å². The third kappa shape index (κ3) is 4.46. The van der Waals surface area contributed by atoms with E-state index in [9.17, 15) is 13.2 Å². The highest BCUT2D eigenvalue weighted by Crippen LogP contribution is 2.33. The molecule has 3 aromatic carbocycles. The molecule has 1 aromatic heterocycles. The highest BCUT2D eigenvalue weighted by Gasteiger charge is 2.27. The van der Waals surface area contributed by atoms with Gasteiger partial charge in [0.2, 0.25) is 16.8 Å². The fraction of sp³-hybridized carbons (Fsp3) is 0.160. The summed E-state index contributed by atoms with van der Waals surface area (Å²) in [5, 5.41) is 0.837. The molecule has 7 nitrogen and oxygen atoms in total. The average molecular weight is 541 g/mol. The summed E-state index contributed by atoms with van der Waals surface area (Å²) < 4.78 is 40.2. The van der Waals surface area contributed by atoms with Crippen LogP contribution in [0.2, 0.25) is 0 Å². The summed E-state index contributed by atoms with van der Waals surface area (Å²) in [5.74, 6) is 1.18. The lowest BCUT2D eigenvalue weighted by Crippen LogP contribution is -2.32. The van der Waals surface area contributed by atoms with Crippen molar-refractivity contribution in [1.29, 1.82) is 0 Å². The molecule has 0 saturated heterocycles. The van der Waals surface area contributed by atoms with E-state index in [0.29, 0.717) is 22.6 Å². The van der Waals surface area contributed by atoms with E-state index < -0.39 is 10.0 Å². The maximum atomic E-state index is 13.6. The van der Waals surface area contributed by atoms with Crippen LogP contribution in [0.5, 0.6) is 11.5 Å². The predicted molar refractivity (Wildman–Crippen MR) is 132 cm³/mol. The average Bonchev–Trinajstić information content (AvgIpc) is 3.27. The number of aromatic amines is 1. The number of nitrogens with zero attached hydrogens (tertiary/aromatic N) is 1. The summed E-state index contributed by atoms with van der Waals surface area (Å²) in [5.41, 5.74) is 2.50. The molecule has 0 unspecified atom stereocenters. The number of H-pyrrole nitrogens is 1. The molecule has 0 spiro atoms. The first kappa shape index (κ1) is 22.6. The van der Waals surface area contributed by atoms with Crippen LogP contribution in [-0.4, -0.2) is 24.5 Å². The summed E-state index contributed by atoms with van der Waals surface area (Å²) >= 11 is 3.34. The van der Waals surface area contributed by atoms with Crippen LogP contribution in [0, 0.1) is 6.92 Å². The van der Waals surface area contributed by atoms with Crippen molar-refractivity contribution < 1.29 is 17.9 Å². The smallest absolute Gasteiger partial charge is 0.252 e. The van der Waals surface area contributed by atoms with Gasteiger partial charge in [-0.3, -0.25) is 4.79 Å². The number of fused-ring (bicyclic) bond motifs is 2. The number of rotatable bonds is 6. The Morgan fingerprint density at radius 2 is 1.71 bits per heavy atom. The number of halogens is 1. The van der Waals surface area contributed by atoms with Gasteiger partial charge in [0.15, 0.2) is 11.5 Å². The molecule has 34 heavy (non-hydrogen) atoms. The molecule has 1 aliphatic heterocycles. The minimum Gasteiger partial charge on any atom is -0.454 e. The number of hydrogen-bond donors (Lipinski definition) is 1. The Bertz CT molecular complexity index is 1550. The van der Waals surface area contributed by atoms with Gasteiger partial charge in [0, 0.05) is 28.6 Å². The summed E-state index contributed by atoms with van der Waals surface area (Å²) in [6, 6.07) is 19.3. The quantitative estimate of drug-likeness (QED) is 0.382. The zero-order valence-electron chi connectivity index (χ0n) is 18.2. The summed E-state index contributed by atoms with van der Waals surface area (Å²) in [6.45, 7) is 2.04. The van der Waals surface area contributed by atoms with E-state index in [1.54, 1.807) is 48.5 Å². The molecule has 0 amide bonds. The van der Waals surface area contributed by atoms with Crippen molar-refractivity contribution in [2.24, 2.45) is 0 Å². The molecular weight excluding hydrogens is 520 g/mol. The van der Waals surface area contributed by atoms with Crippen molar-refractivity contribution in [3.63, 3.8) is 0 Å². The van der Waals surface area contributed by atoms with E-state index in [0.717, 1.165) is 21.0 Å². The van der Waals surface area contributed by atoms with Crippen LogP contribution >= 0.6 is 15.9 Å². The molecule has 1 N–H and O–H groups in total. The van der Waals surface area contributed by atoms with Crippen LogP contribution in [-0.2, 0) is 23.1 Å². The second-order valence-electron chi connectivity index (χ2n) is 8.13. The molecule has 0 atom stereocenters. The third-order valence-electron chi connectivity index (χ3n) is 5.67. The first-order valence-electron chi connectivity index (χ1n) is 10.6. The molecule has 9 heteroatoms. The molecule has 0 aliphatic carbocycles. The molecule has 1 aliphatic rings. The number of aryl methyl sites for hydroxylation is 1. The van der Waals surface area contributed by atoms with Gasteiger partial charge in [-0.15, -0.1) is 0 Å². The number of benzene rings is 3. The van der Waals surface area contributed by atoms with Crippen molar-refractivity contribution in [2.75, 3.05) is 6.79 Å². The van der Waals surface area contributed by atoms with Gasteiger partial charge >= 0.3 is 0 Å². The fourth-order valence-corrected chi connectivity index (χ4v) is 5.56. The normalized spacial score (nSPS) is 13.0. The maximum Gasteiger partial charge on any atom is 0.252 e. The Morgan fingerprint density at radius 3 is 2.50 bits per heavy atom. The standard InChI is InChI=1S/C25H21BrN2O5S/c1-16-2-4-18-12-19(25(29)27-22(18)10-16)14-28(34(30,31)21-7-5-20(26)6-8-21)13-17-3-9-23-24(11-17)33-15-32-23/h2-12H,13-15H2,1H3,(H,27,29). The van der Waals surface area contributed by atoms with Gasteiger partial charge < -0.3 is 14.5 Å². The van der Waals surface area contributed by atoms with Gasteiger partial charge in [-0.2, -0.15) is 4.31 Å². The Hall–Kier alpha value is -3.14. The monoisotopic (exact) mass is 540 g/mol. The fourth-order valence-electron chi connectivity index (χ4n) is 3.89. The molecule has 0 bridgehead atoms. The lowest BCUT2D eigenvalue weighted by Gasteiger charge is -2.22. The van der Waals surface area contributed by atoms with Crippen molar-refractivity contribution in [3.8, 4) is 11.5 Å². The molecule has 0 fully saturated rings. The summed E-state index contributed by atoms with van der Waals surface area (Å²) in [7, 11) is -3.92. The Kier molecular flexibility index (Phi) is 5.93. The first-order chi connectivity index (χ1) is 16.3. The van der Waals surface area contributed by atoms with Crippen molar-refractivity contribution in [3.05, 3.63) is 98.2 Å². The largest absolute Gasteiger partial charge is 0.454 e. The Labute approximate surface area is 205 Å². The van der Waals surface area contributed by atoms with Crippen LogP contribution in [0.3, 0.4) is 0 Å². The third-order valence-corrected chi connectivity index (χ3v) is 8.01. The number of hydrogen-bond acceptors (Lipinski definition) is 5. The SMILES string of the molecule is Cc1ccc2cc(CN(Cc3ccc4c(c3)OCO4)S(=O)(=O)c3ccc(Br)cc3)c(=O)[nH]c2c1. The Balaban J connectivity index is 1.55. The summed E-state index contributed by atoms with van der Waals surface area (Å²) in [4.78, 5) is 15.9. The highest BCUT2D eigenvalue weighted by molar-refractivity contribution is 9.10. The molecule has 4 aromatic rings. The second-order valence-corrected chi connectivity index (χ2v) is 11.0. The number of pyridine rings is 1. The van der Waals surface area contributed by atoms with Crippen molar-refractivity contribution >= 4 is 36.9 Å². The van der Waals surface area contributed by atoms with Crippen LogP contribution in [0.4, 0.5) is 0 Å². The van der Waals surface area contributed by atoms with Gasteiger partial charge in [0.1, 0.15) is 0 Å². The van der Waals surface area contributed by atoms with Crippen molar-refractivity contribution in [1.82, 2.24) is 9.29 Å². The van der Waals surface area contributed by atoms with E-state index in [-0.39, 0.29) is 30.3 Å². The summed E-state index contributed by atoms with van der Waals surface area (Å²) in [6.07, 6.45) is 0. The van der Waals surface area contributed by atoms with Gasteiger partial charge in [-0.1, -0.05) is 34.1 Å². The van der Waals surface area contributed by atoms with Gasteiger partial charge in [0.25, 0.3) is 5.56 Å². The van der Waals surface area contributed by atoms with Gasteiger partial charge in [0.05, 0.1) is 4.90 Å². The maximum absolute atomic E-state index is 13.6. The van der Waals surface area contributed by atoms with E-state index >= 15 is 0 Å². The molecule has 2 heterocycles. The lowest BCUT2D eigenvalue weighted by atomic mass is 10.1. The van der Waals surface area contributed by atoms with E-state index in [4.69, 9.17) is 9.47 Å². The zero-order chi connectivity index (χ0) is 23.9. The Morgan fingerprint density at radius 1 is 0.941 bits per heavy atom. The molecule has 0 radical (unpaired) electrons. The topological polar surface area (TPSA) is 88.7 Å². The molecule has 0 saturated carbocycles. The van der Waals surface area contributed by atoms with E-state index in [1.165, 1.54) is 4.31 Å². The van der Waals surface area contributed by atoms with Crippen LogP contribution < -0.4 is 15.0 Å². The lowest BCUT2D eigenvalue weighted by molar-refractivity contribution is 0.174. The minimum absolute atomic E-state index is 0.0560. The molecular formula is C25H21BrN2O5S. The van der Waals surface area contributed by atoms with Crippen LogP contribution in [0.25, 0.3) is 10.9 Å². The molecule has 5 rings (SSSR count).